The third kappa shape index (κ3) is 5.37. The molecule has 1 aromatic heterocycles. The predicted molar refractivity (Wildman–Crippen MR) is 110 cm³/mol. The number of ether oxygens (including phenoxy) is 1. The first-order valence-corrected chi connectivity index (χ1v) is 10.4. The number of aromatic nitrogens is 2. The van der Waals surface area contributed by atoms with Crippen LogP contribution in [0.3, 0.4) is 0 Å². The van der Waals surface area contributed by atoms with Crippen molar-refractivity contribution in [2.24, 2.45) is 0 Å². The van der Waals surface area contributed by atoms with E-state index >= 15 is 0 Å². The first-order valence-electron chi connectivity index (χ1n) is 10.4. The summed E-state index contributed by atoms with van der Waals surface area (Å²) in [7, 11) is 0. The molecule has 0 radical (unpaired) electrons. The van der Waals surface area contributed by atoms with Crippen molar-refractivity contribution < 1.29 is 37.3 Å². The Balaban J connectivity index is 1.68. The van der Waals surface area contributed by atoms with Crippen LogP contribution in [-0.2, 0) is 17.5 Å². The smallest absolute Gasteiger partial charge is 0.394 e. The van der Waals surface area contributed by atoms with Gasteiger partial charge in [-0.1, -0.05) is 0 Å². The van der Waals surface area contributed by atoms with Gasteiger partial charge in [0.15, 0.2) is 0 Å². The van der Waals surface area contributed by atoms with Gasteiger partial charge in [-0.05, 0) is 31.5 Å². The van der Waals surface area contributed by atoms with E-state index in [9.17, 15) is 42.2 Å². The molecule has 0 aliphatic carbocycles. The average Bonchev–Trinajstić information content (AvgIpc) is 3.15. The van der Waals surface area contributed by atoms with Crippen LogP contribution in [0.25, 0.3) is 0 Å². The Hall–Kier alpha value is -3.03. The van der Waals surface area contributed by atoms with Gasteiger partial charge in [0, 0.05) is 36.8 Å². The first kappa shape index (κ1) is 25.6. The predicted octanol–water partition coefficient (Wildman–Crippen LogP) is 0.937. The van der Waals surface area contributed by atoms with Crippen LogP contribution < -0.4 is 16.6 Å². The van der Waals surface area contributed by atoms with Crippen molar-refractivity contribution in [3.05, 3.63) is 67.7 Å². The minimum atomic E-state index is -4.96. The molecule has 0 bridgehead atoms. The van der Waals surface area contributed by atoms with Crippen LogP contribution in [0.4, 0.5) is 17.6 Å². The molecule has 2 aromatic rings. The summed E-state index contributed by atoms with van der Waals surface area (Å²) in [6.45, 7) is 0.847. The van der Waals surface area contributed by atoms with Gasteiger partial charge in [0.2, 0.25) is 0 Å². The number of aliphatic hydroxyl groups is 2. The van der Waals surface area contributed by atoms with E-state index in [1.54, 1.807) is 0 Å². The molecule has 13 heteroatoms. The van der Waals surface area contributed by atoms with Crippen LogP contribution in [0.1, 0.15) is 40.6 Å². The SMILES string of the molecule is Cc1cn([C@H]2C[C@H](O)[C@@H](CO)O2)c(=O)n(CCCNC(=O)c2ccc([19F])c(C(F)(F)F)c2)c1=O. The number of benzene rings is 1. The molecule has 2 heterocycles. The summed E-state index contributed by atoms with van der Waals surface area (Å²) in [5.41, 5.74) is -3.02. The lowest BCUT2D eigenvalue weighted by Gasteiger charge is -2.17. The minimum absolute atomic E-state index is 0.0381. The van der Waals surface area contributed by atoms with E-state index in [4.69, 9.17) is 4.74 Å². The van der Waals surface area contributed by atoms with E-state index in [0.717, 1.165) is 15.2 Å². The molecule has 186 valence electrons. The number of nitrogens with zero attached hydrogens (tertiary/aromatic N) is 2. The van der Waals surface area contributed by atoms with Crippen LogP contribution in [0.5, 0.6) is 0 Å². The summed E-state index contributed by atoms with van der Waals surface area (Å²) in [5, 5.41) is 21.5. The first-order chi connectivity index (χ1) is 15.9. The topological polar surface area (TPSA) is 123 Å². The van der Waals surface area contributed by atoms with Gasteiger partial charge in [-0.3, -0.25) is 18.7 Å². The Bertz CT molecular complexity index is 1180. The van der Waals surface area contributed by atoms with Gasteiger partial charge in [-0.15, -0.1) is 0 Å². The van der Waals surface area contributed by atoms with E-state index in [1.807, 2.05) is 0 Å². The lowest BCUT2D eigenvalue weighted by atomic mass is 10.1. The quantitative estimate of drug-likeness (QED) is 0.393. The molecule has 1 aliphatic heterocycles. The number of carbonyl (C=O) groups is 1. The second-order valence-electron chi connectivity index (χ2n) is 7.88. The normalized spacial score (nSPS) is 20.5. The zero-order valence-electron chi connectivity index (χ0n) is 18.0. The largest absolute Gasteiger partial charge is 0.419 e. The maximum absolute atomic E-state index is 13.4. The van der Waals surface area contributed by atoms with Crippen LogP contribution in [0.2, 0.25) is 0 Å². The molecule has 3 N–H and O–H groups in total. The third-order valence-electron chi connectivity index (χ3n) is 5.44. The molecule has 0 saturated carbocycles. The van der Waals surface area contributed by atoms with Crippen molar-refractivity contribution in [2.45, 2.75) is 50.9 Å². The number of halogens is 4. The molecule has 0 spiro atoms. The van der Waals surface area contributed by atoms with Crippen molar-refractivity contribution in [1.82, 2.24) is 14.5 Å². The molecule has 1 aliphatic rings. The number of rotatable bonds is 7. The number of aryl methyl sites for hydroxylation is 1. The van der Waals surface area contributed by atoms with Crippen molar-refractivity contribution in [3.63, 3.8) is 0 Å². The summed E-state index contributed by atoms with van der Waals surface area (Å²) in [5.74, 6) is -2.37. The van der Waals surface area contributed by atoms with Gasteiger partial charge >= 0.3 is 11.9 Å². The highest BCUT2D eigenvalue weighted by molar-refractivity contribution is 5.94. The van der Waals surface area contributed by atoms with Gasteiger partial charge in [-0.2, -0.15) is 13.2 Å². The fourth-order valence-corrected chi connectivity index (χ4v) is 3.64. The molecule has 3 rings (SSSR count). The Kier molecular flexibility index (Phi) is 7.58. The standard InChI is InChI=1S/C21H23F4N3O6/c1-11-9-28(17-8-15(30)16(10-29)34-17)20(33)27(19(11)32)6-2-5-26-18(31)12-3-4-14(22)13(7-12)21(23,24)25/h3-4,7,9,15-17,29-30H,2,5-6,8,10H2,1H3,(H,26,31)/t15-,16+,17+/m0/s1/i22+0. The minimum Gasteiger partial charge on any atom is -0.394 e. The summed E-state index contributed by atoms with van der Waals surface area (Å²) in [4.78, 5) is 37.4. The number of alkyl halides is 3. The molecule has 1 amide bonds. The van der Waals surface area contributed by atoms with Crippen LogP contribution in [0, 0.1) is 12.7 Å². The monoisotopic (exact) mass is 489 g/mol. The summed E-state index contributed by atoms with van der Waals surface area (Å²) < 4.78 is 59.4. The van der Waals surface area contributed by atoms with Gasteiger partial charge in [0.25, 0.3) is 11.5 Å². The Morgan fingerprint density at radius 1 is 1.29 bits per heavy atom. The molecule has 1 saturated heterocycles. The average molecular weight is 489 g/mol. The highest BCUT2D eigenvalue weighted by Gasteiger charge is 2.36. The zero-order chi connectivity index (χ0) is 25.2. The van der Waals surface area contributed by atoms with Gasteiger partial charge < -0.3 is 20.3 Å². The fourth-order valence-electron chi connectivity index (χ4n) is 3.64. The molecule has 0 unspecified atom stereocenters. The lowest BCUT2D eigenvalue weighted by molar-refractivity contribution is -0.140. The van der Waals surface area contributed by atoms with E-state index in [-0.39, 0.29) is 37.1 Å². The van der Waals surface area contributed by atoms with E-state index < -0.39 is 59.8 Å². The van der Waals surface area contributed by atoms with Crippen LogP contribution in [-0.4, -0.2) is 50.6 Å². The van der Waals surface area contributed by atoms with Gasteiger partial charge in [-0.25, -0.2) is 9.18 Å². The summed E-state index contributed by atoms with van der Waals surface area (Å²) in [6, 6.07) is 1.87. The molecular formula is C21H23F4N3O6. The number of hydrogen-bond acceptors (Lipinski definition) is 6. The number of nitrogens with one attached hydrogen (secondary N) is 1. The number of carbonyl (C=O) groups excluding carboxylic acids is 1. The Labute approximate surface area is 190 Å². The van der Waals surface area contributed by atoms with Crippen molar-refractivity contribution in [3.8, 4) is 0 Å². The van der Waals surface area contributed by atoms with E-state index in [1.165, 1.54) is 13.1 Å². The summed E-state index contributed by atoms with van der Waals surface area (Å²) >= 11 is 0. The Morgan fingerprint density at radius 2 is 2.00 bits per heavy atom. The van der Waals surface area contributed by atoms with Crippen LogP contribution >= 0.6 is 0 Å². The second kappa shape index (κ2) is 10.1. The highest BCUT2D eigenvalue weighted by Crippen LogP contribution is 2.32. The molecule has 1 fully saturated rings. The molecule has 3 atom stereocenters. The highest BCUT2D eigenvalue weighted by atomic mass is 19.4. The molecule has 1 aromatic carbocycles. The number of hydrogen-bond donors (Lipinski definition) is 3. The summed E-state index contributed by atoms with van der Waals surface area (Å²) in [6.07, 6.45) is -6.26. The van der Waals surface area contributed by atoms with Crippen molar-refractivity contribution in [2.75, 3.05) is 13.2 Å². The van der Waals surface area contributed by atoms with E-state index in [0.29, 0.717) is 12.1 Å². The second-order valence-corrected chi connectivity index (χ2v) is 7.88. The zero-order valence-corrected chi connectivity index (χ0v) is 18.0. The molecular weight excluding hydrogens is 466 g/mol. The maximum atomic E-state index is 13.4. The Morgan fingerprint density at radius 3 is 2.62 bits per heavy atom. The van der Waals surface area contributed by atoms with Crippen molar-refractivity contribution >= 4 is 5.91 Å². The van der Waals surface area contributed by atoms with Crippen molar-refractivity contribution in [1.29, 1.82) is 0 Å². The fraction of sp³-hybridized carbons (Fsp3) is 0.476. The van der Waals surface area contributed by atoms with Gasteiger partial charge in [0.05, 0.1) is 18.3 Å². The molecule has 34 heavy (non-hydrogen) atoms. The lowest BCUT2D eigenvalue weighted by Crippen LogP contribution is -2.42. The molecule has 9 nitrogen and oxygen atoms in total. The third-order valence-corrected chi connectivity index (χ3v) is 5.44. The number of aliphatic hydroxyl groups excluding tert-OH is 2. The van der Waals surface area contributed by atoms with Gasteiger partial charge in [0.1, 0.15) is 18.1 Å². The van der Waals surface area contributed by atoms with Crippen LogP contribution in [0.15, 0.2) is 34.0 Å². The number of amides is 1. The maximum Gasteiger partial charge on any atom is 0.419 e. The van der Waals surface area contributed by atoms with E-state index in [2.05, 4.69) is 5.32 Å².